The first-order chi connectivity index (χ1) is 15.1. The van der Waals surface area contributed by atoms with Crippen molar-refractivity contribution >= 4 is 5.91 Å². The highest BCUT2D eigenvalue weighted by molar-refractivity contribution is 5.94. The van der Waals surface area contributed by atoms with Gasteiger partial charge in [-0.1, -0.05) is 68.7 Å². The molecule has 0 saturated heterocycles. The molecule has 0 saturated carbocycles. The zero-order chi connectivity index (χ0) is 22.1. The highest BCUT2D eigenvalue weighted by Crippen LogP contribution is 2.21. The average Bonchev–Trinajstić information content (AvgIpc) is 2.78. The number of carbonyl (C=O) groups excluding carboxylic acids is 1. The minimum atomic E-state index is -0.407. The number of pyridine rings is 1. The van der Waals surface area contributed by atoms with E-state index in [0.717, 1.165) is 35.3 Å². The molecule has 0 aliphatic heterocycles. The molecule has 1 amide bonds. The number of benzene rings is 2. The summed E-state index contributed by atoms with van der Waals surface area (Å²) in [6.07, 6.45) is 4.55. The number of aromatic amines is 1. The molecule has 3 rings (SSSR count). The minimum absolute atomic E-state index is 0.0915. The van der Waals surface area contributed by atoms with Gasteiger partial charge in [0.1, 0.15) is 11.3 Å². The van der Waals surface area contributed by atoms with Gasteiger partial charge in [-0.05, 0) is 42.7 Å². The molecule has 0 radical (unpaired) electrons. The van der Waals surface area contributed by atoms with Crippen LogP contribution in [0, 0.1) is 6.92 Å². The first kappa shape index (κ1) is 22.3. The number of amides is 1. The van der Waals surface area contributed by atoms with Gasteiger partial charge in [0, 0.05) is 17.8 Å². The summed E-state index contributed by atoms with van der Waals surface area (Å²) < 4.78 is 5.97. The van der Waals surface area contributed by atoms with Crippen molar-refractivity contribution in [2.45, 2.75) is 46.1 Å². The lowest BCUT2D eigenvalue weighted by Gasteiger charge is -2.13. The van der Waals surface area contributed by atoms with E-state index in [2.05, 4.69) is 17.2 Å². The quantitative estimate of drug-likeness (QED) is 0.442. The molecular weight excluding hydrogens is 388 g/mol. The summed E-state index contributed by atoms with van der Waals surface area (Å²) in [6, 6.07) is 18.8. The van der Waals surface area contributed by atoms with Crippen LogP contribution in [0.1, 0.15) is 54.1 Å². The Morgan fingerprint density at radius 3 is 2.55 bits per heavy atom. The van der Waals surface area contributed by atoms with Crippen molar-refractivity contribution in [2.75, 3.05) is 6.61 Å². The predicted molar refractivity (Wildman–Crippen MR) is 124 cm³/mol. The first-order valence-corrected chi connectivity index (χ1v) is 10.9. The van der Waals surface area contributed by atoms with Gasteiger partial charge in [0.2, 0.25) is 0 Å². The Bertz CT molecular complexity index is 1060. The van der Waals surface area contributed by atoms with Crippen LogP contribution in [0.15, 0.2) is 65.5 Å². The van der Waals surface area contributed by atoms with Crippen LogP contribution in [0.2, 0.25) is 0 Å². The van der Waals surface area contributed by atoms with Crippen molar-refractivity contribution in [3.8, 4) is 17.0 Å². The molecule has 31 heavy (non-hydrogen) atoms. The highest BCUT2D eigenvalue weighted by Gasteiger charge is 2.13. The van der Waals surface area contributed by atoms with Crippen LogP contribution in [0.5, 0.6) is 5.75 Å². The monoisotopic (exact) mass is 418 g/mol. The van der Waals surface area contributed by atoms with E-state index in [1.165, 1.54) is 12.8 Å². The van der Waals surface area contributed by atoms with Gasteiger partial charge < -0.3 is 15.0 Å². The fraction of sp³-hybridized carbons (Fsp3) is 0.308. The van der Waals surface area contributed by atoms with E-state index in [9.17, 15) is 9.59 Å². The molecule has 1 heterocycles. The van der Waals surface area contributed by atoms with Crippen LogP contribution in [0.25, 0.3) is 11.3 Å². The maximum Gasteiger partial charge on any atom is 0.261 e. The summed E-state index contributed by atoms with van der Waals surface area (Å²) in [5.74, 6) is 0.375. The van der Waals surface area contributed by atoms with E-state index in [0.29, 0.717) is 18.8 Å². The van der Waals surface area contributed by atoms with E-state index in [4.69, 9.17) is 4.74 Å². The second-order valence-electron chi connectivity index (χ2n) is 7.68. The maximum atomic E-state index is 12.6. The van der Waals surface area contributed by atoms with Gasteiger partial charge in [-0.25, -0.2) is 0 Å². The van der Waals surface area contributed by atoms with Crippen molar-refractivity contribution in [3.63, 3.8) is 0 Å². The number of ether oxygens (including phenoxy) is 1. The summed E-state index contributed by atoms with van der Waals surface area (Å²) in [6.45, 7) is 5.15. The van der Waals surface area contributed by atoms with Crippen molar-refractivity contribution in [1.82, 2.24) is 10.3 Å². The van der Waals surface area contributed by atoms with Crippen LogP contribution in [0.3, 0.4) is 0 Å². The second-order valence-corrected chi connectivity index (χ2v) is 7.68. The SMILES string of the molecule is CCCCCCOc1cc(C)ccc1CNC(=O)c1ccc(-c2ccccc2)[nH]c1=O. The molecule has 0 spiro atoms. The Labute approximate surface area is 183 Å². The molecule has 0 aliphatic carbocycles. The fourth-order valence-electron chi connectivity index (χ4n) is 3.36. The molecule has 0 aliphatic rings. The number of nitrogens with one attached hydrogen (secondary N) is 2. The van der Waals surface area contributed by atoms with Crippen LogP contribution in [0.4, 0.5) is 0 Å². The molecule has 5 heteroatoms. The number of rotatable bonds is 10. The molecular formula is C26H30N2O3. The number of carbonyl (C=O) groups is 1. The van der Waals surface area contributed by atoms with Crippen molar-refractivity contribution in [1.29, 1.82) is 0 Å². The van der Waals surface area contributed by atoms with Gasteiger partial charge >= 0.3 is 0 Å². The standard InChI is InChI=1S/C26H30N2O3/c1-3-4-5-9-16-31-24-17-19(2)12-13-21(24)18-27-25(29)22-14-15-23(28-26(22)30)20-10-7-6-8-11-20/h6-8,10-15,17H,3-5,9,16,18H2,1-2H3,(H,27,29)(H,28,30). The lowest BCUT2D eigenvalue weighted by molar-refractivity contribution is 0.0949. The zero-order valence-electron chi connectivity index (χ0n) is 18.2. The normalized spacial score (nSPS) is 10.6. The van der Waals surface area contributed by atoms with Gasteiger partial charge in [-0.2, -0.15) is 0 Å². The molecule has 1 aromatic heterocycles. The van der Waals surface area contributed by atoms with Gasteiger partial charge in [0.05, 0.1) is 6.61 Å². The fourth-order valence-corrected chi connectivity index (χ4v) is 3.36. The summed E-state index contributed by atoms with van der Waals surface area (Å²) in [7, 11) is 0. The summed E-state index contributed by atoms with van der Waals surface area (Å²) in [4.78, 5) is 27.9. The molecule has 162 valence electrons. The zero-order valence-corrected chi connectivity index (χ0v) is 18.2. The van der Waals surface area contributed by atoms with E-state index in [1.807, 2.05) is 55.5 Å². The predicted octanol–water partition coefficient (Wildman–Crippen LogP) is 5.24. The number of H-pyrrole nitrogens is 1. The van der Waals surface area contributed by atoms with Crippen LogP contribution >= 0.6 is 0 Å². The highest BCUT2D eigenvalue weighted by atomic mass is 16.5. The third-order valence-electron chi connectivity index (χ3n) is 5.16. The van der Waals surface area contributed by atoms with Crippen molar-refractivity contribution < 1.29 is 9.53 Å². The molecule has 0 atom stereocenters. The maximum absolute atomic E-state index is 12.6. The average molecular weight is 419 g/mol. The third-order valence-corrected chi connectivity index (χ3v) is 5.16. The number of hydrogen-bond donors (Lipinski definition) is 2. The third kappa shape index (κ3) is 6.32. The summed E-state index contributed by atoms with van der Waals surface area (Å²) in [5.41, 5.74) is 3.26. The van der Waals surface area contributed by atoms with E-state index in [-0.39, 0.29) is 5.56 Å². The summed E-state index contributed by atoms with van der Waals surface area (Å²) >= 11 is 0. The Balaban J connectivity index is 1.65. The Kier molecular flexibility index (Phi) is 8.05. The summed E-state index contributed by atoms with van der Waals surface area (Å²) in [5, 5.41) is 2.85. The number of aromatic nitrogens is 1. The lowest BCUT2D eigenvalue weighted by atomic mass is 10.1. The molecule has 0 unspecified atom stereocenters. The van der Waals surface area contributed by atoms with E-state index in [1.54, 1.807) is 12.1 Å². The van der Waals surface area contributed by atoms with Crippen molar-refractivity contribution in [3.05, 3.63) is 87.7 Å². The van der Waals surface area contributed by atoms with Crippen LogP contribution in [-0.2, 0) is 6.54 Å². The van der Waals surface area contributed by atoms with E-state index >= 15 is 0 Å². The number of unbranched alkanes of at least 4 members (excludes halogenated alkanes) is 3. The number of hydrogen-bond acceptors (Lipinski definition) is 3. The molecule has 0 bridgehead atoms. The smallest absolute Gasteiger partial charge is 0.261 e. The van der Waals surface area contributed by atoms with Gasteiger partial charge in [-0.15, -0.1) is 0 Å². The molecule has 0 fully saturated rings. The van der Waals surface area contributed by atoms with Gasteiger partial charge in [-0.3, -0.25) is 9.59 Å². The van der Waals surface area contributed by atoms with Crippen molar-refractivity contribution in [2.24, 2.45) is 0 Å². The second kappa shape index (κ2) is 11.2. The Morgan fingerprint density at radius 2 is 1.81 bits per heavy atom. The first-order valence-electron chi connectivity index (χ1n) is 10.9. The van der Waals surface area contributed by atoms with E-state index < -0.39 is 11.5 Å². The van der Waals surface area contributed by atoms with Gasteiger partial charge in [0.15, 0.2) is 0 Å². The van der Waals surface area contributed by atoms with Crippen LogP contribution < -0.4 is 15.6 Å². The molecule has 3 aromatic rings. The van der Waals surface area contributed by atoms with Crippen LogP contribution in [-0.4, -0.2) is 17.5 Å². The molecule has 5 nitrogen and oxygen atoms in total. The largest absolute Gasteiger partial charge is 0.493 e. The lowest BCUT2D eigenvalue weighted by Crippen LogP contribution is -2.29. The molecule has 2 aromatic carbocycles. The Morgan fingerprint density at radius 1 is 1.00 bits per heavy atom. The molecule has 2 N–H and O–H groups in total. The topological polar surface area (TPSA) is 71.2 Å². The van der Waals surface area contributed by atoms with Gasteiger partial charge in [0.25, 0.3) is 11.5 Å². The number of aryl methyl sites for hydroxylation is 1. The minimum Gasteiger partial charge on any atom is -0.493 e. The Hall–Kier alpha value is -3.34.